The van der Waals surface area contributed by atoms with E-state index in [1.165, 1.54) is 6.92 Å². The molecule has 2 amide bonds. The van der Waals surface area contributed by atoms with Crippen LogP contribution >= 0.6 is 0 Å². The van der Waals surface area contributed by atoms with Crippen LogP contribution in [0.3, 0.4) is 0 Å². The lowest BCUT2D eigenvalue weighted by molar-refractivity contribution is -0.119. The number of benzene rings is 1. The van der Waals surface area contributed by atoms with Crippen molar-refractivity contribution in [2.45, 2.75) is 51.3 Å². The Bertz CT molecular complexity index is 491. The first-order chi connectivity index (χ1) is 10.0. The van der Waals surface area contributed by atoms with Gasteiger partial charge < -0.3 is 15.7 Å². The van der Waals surface area contributed by atoms with E-state index in [9.17, 15) is 14.7 Å². The summed E-state index contributed by atoms with van der Waals surface area (Å²) in [7, 11) is 0. The summed E-state index contributed by atoms with van der Waals surface area (Å²) >= 11 is 0. The van der Waals surface area contributed by atoms with Crippen LogP contribution in [-0.4, -0.2) is 29.1 Å². The number of hydrogen-bond acceptors (Lipinski definition) is 3. The second-order valence-corrected chi connectivity index (χ2v) is 5.59. The molecule has 114 valence electrons. The van der Waals surface area contributed by atoms with Crippen molar-refractivity contribution in [3.05, 3.63) is 35.4 Å². The van der Waals surface area contributed by atoms with E-state index >= 15 is 0 Å². The van der Waals surface area contributed by atoms with Gasteiger partial charge in [-0.1, -0.05) is 12.1 Å². The average molecular weight is 290 g/mol. The summed E-state index contributed by atoms with van der Waals surface area (Å²) in [6, 6.07) is 7.37. The third-order valence-electron chi connectivity index (χ3n) is 3.79. The van der Waals surface area contributed by atoms with Crippen LogP contribution in [0.2, 0.25) is 0 Å². The van der Waals surface area contributed by atoms with Gasteiger partial charge in [0.1, 0.15) is 0 Å². The number of amides is 2. The van der Waals surface area contributed by atoms with Crippen molar-refractivity contribution in [3.8, 4) is 0 Å². The molecule has 3 N–H and O–H groups in total. The highest BCUT2D eigenvalue weighted by atomic mass is 16.3. The van der Waals surface area contributed by atoms with Crippen molar-refractivity contribution in [3.63, 3.8) is 0 Å². The Kier molecular flexibility index (Phi) is 5.33. The van der Waals surface area contributed by atoms with Crippen molar-refractivity contribution in [1.29, 1.82) is 0 Å². The molecule has 0 saturated heterocycles. The number of carbonyl (C=O) groups is 2. The lowest BCUT2D eigenvalue weighted by Crippen LogP contribution is -2.38. The van der Waals surface area contributed by atoms with E-state index in [0.717, 1.165) is 31.2 Å². The van der Waals surface area contributed by atoms with Gasteiger partial charge in [0.15, 0.2) is 0 Å². The Hall–Kier alpha value is -1.88. The summed E-state index contributed by atoms with van der Waals surface area (Å²) in [4.78, 5) is 23.0. The van der Waals surface area contributed by atoms with Crippen LogP contribution in [0.5, 0.6) is 0 Å². The van der Waals surface area contributed by atoms with Crippen molar-refractivity contribution in [2.24, 2.45) is 0 Å². The molecule has 1 aromatic carbocycles. The minimum Gasteiger partial charge on any atom is -0.393 e. The molecule has 5 heteroatoms. The number of rotatable bonds is 4. The van der Waals surface area contributed by atoms with Crippen molar-refractivity contribution < 1.29 is 14.7 Å². The molecule has 0 heterocycles. The summed E-state index contributed by atoms with van der Waals surface area (Å²) in [6.45, 7) is 1.95. The zero-order valence-electron chi connectivity index (χ0n) is 12.3. The molecule has 1 aliphatic carbocycles. The highest BCUT2D eigenvalue weighted by Crippen LogP contribution is 2.18. The maximum atomic E-state index is 12.1. The minimum atomic E-state index is -0.216. The van der Waals surface area contributed by atoms with E-state index < -0.39 is 0 Å². The minimum absolute atomic E-state index is 0.0729. The van der Waals surface area contributed by atoms with Gasteiger partial charge in [-0.05, 0) is 43.4 Å². The van der Waals surface area contributed by atoms with E-state index in [0.29, 0.717) is 12.1 Å². The van der Waals surface area contributed by atoms with Gasteiger partial charge in [-0.25, -0.2) is 0 Å². The molecule has 1 aliphatic rings. The molecular formula is C16H22N2O3. The third-order valence-corrected chi connectivity index (χ3v) is 3.79. The van der Waals surface area contributed by atoms with Gasteiger partial charge in [0.2, 0.25) is 5.91 Å². The normalized spacial score (nSPS) is 21.6. The van der Waals surface area contributed by atoms with E-state index in [1.807, 2.05) is 12.1 Å². The average Bonchev–Trinajstić information content (AvgIpc) is 2.48. The van der Waals surface area contributed by atoms with Crippen LogP contribution in [0.15, 0.2) is 24.3 Å². The Labute approximate surface area is 124 Å². The van der Waals surface area contributed by atoms with Gasteiger partial charge in [0.25, 0.3) is 5.91 Å². The largest absolute Gasteiger partial charge is 0.393 e. The molecule has 21 heavy (non-hydrogen) atoms. The topological polar surface area (TPSA) is 78.4 Å². The summed E-state index contributed by atoms with van der Waals surface area (Å²) in [5.74, 6) is -0.154. The molecule has 0 bridgehead atoms. The number of aliphatic hydroxyl groups excluding tert-OH is 1. The second kappa shape index (κ2) is 7.22. The van der Waals surface area contributed by atoms with E-state index in [2.05, 4.69) is 10.6 Å². The molecule has 5 nitrogen and oxygen atoms in total. The first kappa shape index (κ1) is 15.5. The number of carbonyl (C=O) groups excluding carboxylic acids is 2. The van der Waals surface area contributed by atoms with Crippen LogP contribution in [0.25, 0.3) is 0 Å². The van der Waals surface area contributed by atoms with Crippen molar-refractivity contribution in [1.82, 2.24) is 10.6 Å². The Balaban J connectivity index is 1.86. The van der Waals surface area contributed by atoms with Crippen LogP contribution < -0.4 is 10.6 Å². The predicted octanol–water partition coefficient (Wildman–Crippen LogP) is 1.36. The van der Waals surface area contributed by atoms with Gasteiger partial charge >= 0.3 is 0 Å². The summed E-state index contributed by atoms with van der Waals surface area (Å²) in [6.07, 6.45) is 2.94. The van der Waals surface area contributed by atoms with E-state index in [-0.39, 0.29) is 24.0 Å². The Morgan fingerprint density at radius 2 is 1.76 bits per heavy atom. The van der Waals surface area contributed by atoms with Crippen molar-refractivity contribution >= 4 is 11.8 Å². The molecule has 0 aromatic heterocycles. The first-order valence-corrected chi connectivity index (χ1v) is 7.37. The predicted molar refractivity (Wildman–Crippen MR) is 79.7 cm³/mol. The van der Waals surface area contributed by atoms with Gasteiger partial charge in [-0.3, -0.25) is 9.59 Å². The molecule has 0 aliphatic heterocycles. The molecule has 0 unspecified atom stereocenters. The highest BCUT2D eigenvalue weighted by Gasteiger charge is 2.21. The fourth-order valence-electron chi connectivity index (χ4n) is 2.49. The van der Waals surface area contributed by atoms with Gasteiger partial charge in [0, 0.05) is 25.1 Å². The third kappa shape index (κ3) is 4.86. The lowest BCUT2D eigenvalue weighted by Gasteiger charge is -2.26. The lowest BCUT2D eigenvalue weighted by atomic mass is 9.93. The van der Waals surface area contributed by atoms with Crippen molar-refractivity contribution in [2.75, 3.05) is 0 Å². The molecule has 0 atom stereocenters. The van der Waals surface area contributed by atoms with Gasteiger partial charge in [-0.2, -0.15) is 0 Å². The van der Waals surface area contributed by atoms with Crippen LogP contribution in [0, 0.1) is 0 Å². The molecule has 0 radical (unpaired) electrons. The Morgan fingerprint density at radius 1 is 1.14 bits per heavy atom. The van der Waals surface area contributed by atoms with Crippen LogP contribution in [-0.2, 0) is 11.3 Å². The zero-order chi connectivity index (χ0) is 15.2. The fraction of sp³-hybridized carbons (Fsp3) is 0.500. The van der Waals surface area contributed by atoms with E-state index in [4.69, 9.17) is 0 Å². The summed E-state index contributed by atoms with van der Waals surface area (Å²) in [5, 5.41) is 15.2. The molecule has 1 saturated carbocycles. The summed E-state index contributed by atoms with van der Waals surface area (Å²) < 4.78 is 0. The smallest absolute Gasteiger partial charge is 0.251 e. The second-order valence-electron chi connectivity index (χ2n) is 5.59. The standard InChI is InChI=1S/C16H22N2O3/c1-11(19)17-10-12-2-4-13(5-3-12)16(21)18-14-6-8-15(20)9-7-14/h2-5,14-15,20H,6-10H2,1H3,(H,17,19)(H,18,21). The number of nitrogens with one attached hydrogen (secondary N) is 2. The molecule has 0 spiro atoms. The van der Waals surface area contributed by atoms with E-state index in [1.54, 1.807) is 12.1 Å². The number of aliphatic hydroxyl groups is 1. The van der Waals surface area contributed by atoms with Crippen LogP contribution in [0.1, 0.15) is 48.5 Å². The SMILES string of the molecule is CC(=O)NCc1ccc(C(=O)NC2CCC(O)CC2)cc1. The summed E-state index contributed by atoms with van der Waals surface area (Å²) in [5.41, 5.74) is 1.58. The highest BCUT2D eigenvalue weighted by molar-refractivity contribution is 5.94. The van der Waals surface area contributed by atoms with Gasteiger partial charge in [-0.15, -0.1) is 0 Å². The first-order valence-electron chi connectivity index (χ1n) is 7.37. The zero-order valence-corrected chi connectivity index (χ0v) is 12.3. The Morgan fingerprint density at radius 3 is 2.33 bits per heavy atom. The monoisotopic (exact) mass is 290 g/mol. The molecular weight excluding hydrogens is 268 g/mol. The van der Waals surface area contributed by atoms with Crippen LogP contribution in [0.4, 0.5) is 0 Å². The van der Waals surface area contributed by atoms with Gasteiger partial charge in [0.05, 0.1) is 6.10 Å². The fourth-order valence-corrected chi connectivity index (χ4v) is 2.49. The quantitative estimate of drug-likeness (QED) is 0.783. The molecule has 1 fully saturated rings. The number of hydrogen-bond donors (Lipinski definition) is 3. The molecule has 2 rings (SSSR count). The molecule has 1 aromatic rings. The maximum Gasteiger partial charge on any atom is 0.251 e. The maximum absolute atomic E-state index is 12.1.